The van der Waals surface area contributed by atoms with Crippen molar-refractivity contribution < 1.29 is 9.59 Å². The van der Waals surface area contributed by atoms with Crippen molar-refractivity contribution in [3.63, 3.8) is 0 Å². The summed E-state index contributed by atoms with van der Waals surface area (Å²) in [7, 11) is 0. The highest BCUT2D eigenvalue weighted by Gasteiger charge is 2.55. The fourth-order valence-electron chi connectivity index (χ4n) is 9.45. The number of rotatable bonds is 11. The van der Waals surface area contributed by atoms with Gasteiger partial charge in [-0.05, 0) is 114 Å². The first-order valence-corrected chi connectivity index (χ1v) is 17.5. The summed E-state index contributed by atoms with van der Waals surface area (Å²) in [4.78, 5) is 36.7. The number of aromatic amines is 1. The van der Waals surface area contributed by atoms with Gasteiger partial charge in [0.2, 0.25) is 0 Å². The minimum absolute atomic E-state index is 0.0223. The SMILES string of the molecule is CC(C)=CCC/C(C)=C/CN(CCN(C(=O)C1=CCc2ccccc21)C12CC3CC(CC(C3)C1)C2)C(=O)c1c[nH]c2ccccc12. The minimum atomic E-state index is -0.101. The quantitative estimate of drug-likeness (QED) is 0.219. The van der Waals surface area contributed by atoms with E-state index in [-0.39, 0.29) is 17.4 Å². The summed E-state index contributed by atoms with van der Waals surface area (Å²) in [5.74, 6) is 2.36. The molecule has 0 radical (unpaired) electrons. The van der Waals surface area contributed by atoms with E-state index in [1.807, 2.05) is 41.4 Å². The van der Waals surface area contributed by atoms with E-state index in [0.717, 1.165) is 78.3 Å². The second kappa shape index (κ2) is 12.7. The van der Waals surface area contributed by atoms with Crippen molar-refractivity contribution in [2.75, 3.05) is 19.6 Å². The fraction of sp³-hybridized carbons (Fsp3) is 0.463. The summed E-state index contributed by atoms with van der Waals surface area (Å²) in [5.41, 5.74) is 7.37. The predicted octanol–water partition coefficient (Wildman–Crippen LogP) is 8.74. The first-order chi connectivity index (χ1) is 22.3. The second-order valence-corrected chi connectivity index (χ2v) is 14.9. The van der Waals surface area contributed by atoms with E-state index in [1.165, 1.54) is 36.0 Å². The molecule has 5 aliphatic rings. The Balaban J connectivity index is 1.19. The number of carbonyl (C=O) groups is 2. The molecular formula is C41H49N3O2. The van der Waals surface area contributed by atoms with E-state index < -0.39 is 0 Å². The van der Waals surface area contributed by atoms with Crippen LogP contribution in [0.15, 0.2) is 84.1 Å². The van der Waals surface area contributed by atoms with Gasteiger partial charge in [-0.1, -0.05) is 71.8 Å². The van der Waals surface area contributed by atoms with Crippen LogP contribution >= 0.6 is 0 Å². The zero-order valence-electron chi connectivity index (χ0n) is 27.9. The van der Waals surface area contributed by atoms with Gasteiger partial charge in [0.25, 0.3) is 11.8 Å². The maximum absolute atomic E-state index is 14.8. The van der Waals surface area contributed by atoms with Crippen LogP contribution in [0.4, 0.5) is 0 Å². The Morgan fingerprint density at radius 2 is 1.57 bits per heavy atom. The Morgan fingerprint density at radius 1 is 0.870 bits per heavy atom. The van der Waals surface area contributed by atoms with Crippen LogP contribution in [0.1, 0.15) is 93.6 Å². The van der Waals surface area contributed by atoms with Gasteiger partial charge in [-0.15, -0.1) is 0 Å². The number of para-hydroxylation sites is 1. The highest BCUT2D eigenvalue weighted by molar-refractivity contribution is 6.21. The number of nitrogens with one attached hydrogen (secondary N) is 1. The summed E-state index contributed by atoms with van der Waals surface area (Å²) >= 11 is 0. The van der Waals surface area contributed by atoms with Gasteiger partial charge in [0.1, 0.15) is 0 Å². The van der Waals surface area contributed by atoms with Gasteiger partial charge in [-0.25, -0.2) is 0 Å². The highest BCUT2D eigenvalue weighted by Crippen LogP contribution is 2.58. The van der Waals surface area contributed by atoms with Crippen LogP contribution in [0, 0.1) is 17.8 Å². The van der Waals surface area contributed by atoms with Gasteiger partial charge in [0.15, 0.2) is 0 Å². The number of amides is 2. The molecule has 4 saturated carbocycles. The summed E-state index contributed by atoms with van der Waals surface area (Å²) in [5, 5.41) is 0.948. The molecule has 0 aliphatic heterocycles. The van der Waals surface area contributed by atoms with Crippen LogP contribution in [0.3, 0.4) is 0 Å². The number of nitrogens with zero attached hydrogens (tertiary/aromatic N) is 2. The fourth-order valence-corrected chi connectivity index (χ4v) is 9.45. The molecule has 5 aliphatic carbocycles. The van der Waals surface area contributed by atoms with Crippen LogP contribution in [0.2, 0.25) is 0 Å². The molecule has 0 atom stereocenters. The molecule has 1 heterocycles. The van der Waals surface area contributed by atoms with Gasteiger partial charge in [0, 0.05) is 47.8 Å². The molecule has 1 N–H and O–H groups in total. The lowest BCUT2D eigenvalue weighted by Gasteiger charge is -2.60. The third kappa shape index (κ3) is 6.01. The van der Waals surface area contributed by atoms with Crippen molar-refractivity contribution in [1.29, 1.82) is 0 Å². The number of hydrogen-bond donors (Lipinski definition) is 1. The topological polar surface area (TPSA) is 56.4 Å². The number of carbonyl (C=O) groups excluding carboxylic acids is 2. The normalized spacial score (nSPS) is 24.5. The zero-order valence-corrected chi connectivity index (χ0v) is 27.9. The lowest BCUT2D eigenvalue weighted by Crippen LogP contribution is -2.62. The summed E-state index contributed by atoms with van der Waals surface area (Å²) in [6, 6.07) is 16.4. The first kappa shape index (κ1) is 30.8. The molecule has 5 nitrogen and oxygen atoms in total. The lowest BCUT2D eigenvalue weighted by molar-refractivity contribution is -0.145. The molecule has 4 bridgehead atoms. The molecule has 2 aromatic carbocycles. The minimum Gasteiger partial charge on any atom is -0.360 e. The number of H-pyrrole nitrogens is 1. The molecule has 5 heteroatoms. The number of benzene rings is 2. The van der Waals surface area contributed by atoms with Crippen LogP contribution in [-0.4, -0.2) is 51.8 Å². The van der Waals surface area contributed by atoms with Gasteiger partial charge in [-0.3, -0.25) is 9.59 Å². The predicted molar refractivity (Wildman–Crippen MR) is 187 cm³/mol. The van der Waals surface area contributed by atoms with E-state index in [9.17, 15) is 9.59 Å². The first-order valence-electron chi connectivity index (χ1n) is 17.5. The molecule has 0 saturated heterocycles. The molecule has 8 rings (SSSR count). The van der Waals surface area contributed by atoms with Gasteiger partial charge in [0.05, 0.1) is 5.56 Å². The Labute approximate surface area is 274 Å². The summed E-state index contributed by atoms with van der Waals surface area (Å²) in [6.07, 6.45) is 18.6. The van der Waals surface area contributed by atoms with E-state index in [4.69, 9.17) is 0 Å². The van der Waals surface area contributed by atoms with Crippen LogP contribution in [0.25, 0.3) is 16.5 Å². The van der Waals surface area contributed by atoms with Crippen molar-refractivity contribution in [3.8, 4) is 0 Å². The molecule has 46 heavy (non-hydrogen) atoms. The summed E-state index contributed by atoms with van der Waals surface area (Å²) < 4.78 is 0. The molecule has 240 valence electrons. The molecule has 0 unspecified atom stereocenters. The zero-order chi connectivity index (χ0) is 31.8. The average Bonchev–Trinajstić information content (AvgIpc) is 3.66. The van der Waals surface area contributed by atoms with Crippen molar-refractivity contribution in [1.82, 2.24) is 14.8 Å². The Morgan fingerprint density at radius 3 is 2.30 bits per heavy atom. The van der Waals surface area contributed by atoms with Crippen molar-refractivity contribution >= 4 is 28.3 Å². The van der Waals surface area contributed by atoms with Crippen LogP contribution < -0.4 is 0 Å². The van der Waals surface area contributed by atoms with E-state index in [2.05, 4.69) is 67.1 Å². The Kier molecular flexibility index (Phi) is 8.52. The number of aromatic nitrogens is 1. The second-order valence-electron chi connectivity index (χ2n) is 14.9. The van der Waals surface area contributed by atoms with Crippen molar-refractivity contribution in [2.24, 2.45) is 17.8 Å². The van der Waals surface area contributed by atoms with Crippen molar-refractivity contribution in [2.45, 2.75) is 84.1 Å². The molecule has 3 aromatic rings. The van der Waals surface area contributed by atoms with E-state index in [1.54, 1.807) is 0 Å². The van der Waals surface area contributed by atoms with Gasteiger partial charge in [-0.2, -0.15) is 0 Å². The standard InChI is InChI=1S/C41H49N3O2/c1-28(2)9-8-10-29(3)17-18-43(39(45)37-27-42-38-14-7-6-13-35(37)38)19-20-44(40(46)36-16-15-33-11-4-5-12-34(33)36)41-24-30-21-31(25-41)23-32(22-30)26-41/h4-7,9,11-14,16-17,27,30-32,42H,8,10,15,18-26H2,1-3H3/b29-17+. The lowest BCUT2D eigenvalue weighted by atomic mass is 9.52. The maximum Gasteiger partial charge on any atom is 0.256 e. The Hall–Kier alpha value is -3.86. The van der Waals surface area contributed by atoms with E-state index in [0.29, 0.717) is 25.2 Å². The maximum atomic E-state index is 14.8. The third-order valence-corrected chi connectivity index (χ3v) is 11.3. The third-order valence-electron chi connectivity index (χ3n) is 11.3. The molecule has 2 amide bonds. The largest absolute Gasteiger partial charge is 0.360 e. The number of fused-ring (bicyclic) bond motifs is 2. The average molecular weight is 616 g/mol. The summed E-state index contributed by atoms with van der Waals surface area (Å²) in [6.45, 7) is 8.05. The Bertz CT molecular complexity index is 1680. The van der Waals surface area contributed by atoms with Gasteiger partial charge >= 0.3 is 0 Å². The number of allylic oxidation sites excluding steroid dienone is 4. The molecule has 0 spiro atoms. The van der Waals surface area contributed by atoms with Crippen LogP contribution in [0.5, 0.6) is 0 Å². The number of hydrogen-bond acceptors (Lipinski definition) is 2. The van der Waals surface area contributed by atoms with Gasteiger partial charge < -0.3 is 14.8 Å². The molecule has 4 fully saturated rings. The smallest absolute Gasteiger partial charge is 0.256 e. The molecular weight excluding hydrogens is 566 g/mol. The monoisotopic (exact) mass is 615 g/mol. The van der Waals surface area contributed by atoms with E-state index >= 15 is 0 Å². The highest BCUT2D eigenvalue weighted by atomic mass is 16.2. The van der Waals surface area contributed by atoms with Crippen molar-refractivity contribution in [3.05, 3.63) is 101 Å². The molecule has 1 aromatic heterocycles. The van der Waals surface area contributed by atoms with Crippen LogP contribution in [-0.2, 0) is 11.2 Å².